The number of benzene rings is 3. The molecule has 1 N–H and O–H groups in total. The number of rotatable bonds is 7. The Morgan fingerprint density at radius 3 is 2.45 bits per heavy atom. The Labute approximate surface area is 186 Å². The van der Waals surface area contributed by atoms with Gasteiger partial charge in [-0.1, -0.05) is 29.4 Å². The molecule has 0 radical (unpaired) electrons. The predicted octanol–water partition coefficient (Wildman–Crippen LogP) is 5.26. The number of ether oxygens (including phenoxy) is 2. The number of methoxy groups -OCH3 is 1. The number of nitrogens with one attached hydrogen (secondary N) is 1. The molecule has 0 bridgehead atoms. The van der Waals surface area contributed by atoms with E-state index in [-0.39, 0.29) is 11.8 Å². The van der Waals surface area contributed by atoms with Crippen molar-refractivity contribution in [3.05, 3.63) is 94.5 Å². The summed E-state index contributed by atoms with van der Waals surface area (Å²) < 4.78 is 55.1. The van der Waals surface area contributed by atoms with Gasteiger partial charge >= 0.3 is 18.0 Å². The van der Waals surface area contributed by atoms with Gasteiger partial charge < -0.3 is 19.2 Å². The van der Waals surface area contributed by atoms with E-state index in [1.54, 1.807) is 36.4 Å². The fourth-order valence-corrected chi connectivity index (χ4v) is 3.05. The van der Waals surface area contributed by atoms with Crippen LogP contribution in [0.3, 0.4) is 0 Å². The zero-order valence-electron chi connectivity index (χ0n) is 17.3. The van der Waals surface area contributed by atoms with Crippen LogP contribution in [0.25, 0.3) is 5.69 Å². The number of alkyl halides is 3. The second kappa shape index (κ2) is 9.11. The maximum Gasteiger partial charge on any atom is 0.444 e. The van der Waals surface area contributed by atoms with Gasteiger partial charge in [0.25, 0.3) is 0 Å². The summed E-state index contributed by atoms with van der Waals surface area (Å²) in [5.74, 6) is -0.178. The summed E-state index contributed by atoms with van der Waals surface area (Å²) in [5, 5.41) is 7.15. The highest BCUT2D eigenvalue weighted by Crippen LogP contribution is 2.32. The van der Waals surface area contributed by atoms with Crippen LogP contribution in [0.15, 0.2) is 82.0 Å². The van der Waals surface area contributed by atoms with E-state index in [4.69, 9.17) is 13.9 Å². The van der Waals surface area contributed by atoms with Gasteiger partial charge in [-0.15, -0.1) is 0 Å². The van der Waals surface area contributed by atoms with Gasteiger partial charge in [-0.25, -0.2) is 4.79 Å². The normalized spacial score (nSPS) is 11.3. The standard InChI is InChI=1S/C23H18F3N3O4/c1-31-21-28-29(22(30)33-21)18-8-4-7-17(13-18)27-14-15-5-2-9-19(11-15)32-20-10-3-6-16(12-20)23(24,25)26/h2-13,27H,14H2,1H3. The molecule has 4 rings (SSSR count). The molecule has 3 aromatic carbocycles. The molecule has 0 saturated carbocycles. The molecule has 170 valence electrons. The first-order chi connectivity index (χ1) is 15.8. The smallest absolute Gasteiger partial charge is 0.444 e. The van der Waals surface area contributed by atoms with Gasteiger partial charge in [0.1, 0.15) is 11.5 Å². The molecule has 10 heteroatoms. The van der Waals surface area contributed by atoms with Gasteiger partial charge in [0.05, 0.1) is 18.4 Å². The van der Waals surface area contributed by atoms with Crippen LogP contribution >= 0.6 is 0 Å². The molecular weight excluding hydrogens is 439 g/mol. The zero-order chi connectivity index (χ0) is 23.4. The second-order valence-electron chi connectivity index (χ2n) is 6.93. The first-order valence-corrected chi connectivity index (χ1v) is 9.74. The SMILES string of the molecule is COc1nn(-c2cccc(NCc3cccc(Oc4cccc(C(F)(F)F)c4)c3)c2)c(=O)o1. The minimum Gasteiger partial charge on any atom is -0.457 e. The second-order valence-corrected chi connectivity index (χ2v) is 6.93. The van der Waals surface area contributed by atoms with Crippen LogP contribution in [-0.2, 0) is 12.7 Å². The number of halogens is 3. The maximum atomic E-state index is 12.9. The van der Waals surface area contributed by atoms with Crippen LogP contribution in [-0.4, -0.2) is 16.9 Å². The summed E-state index contributed by atoms with van der Waals surface area (Å²) in [6, 6.07) is 18.7. The van der Waals surface area contributed by atoms with Gasteiger partial charge in [-0.2, -0.15) is 17.9 Å². The molecule has 0 fully saturated rings. The monoisotopic (exact) mass is 457 g/mol. The first kappa shape index (κ1) is 22.0. The molecule has 0 aliphatic carbocycles. The highest BCUT2D eigenvalue weighted by atomic mass is 19.4. The molecule has 7 nitrogen and oxygen atoms in total. The quantitative estimate of drug-likeness (QED) is 0.408. The summed E-state index contributed by atoms with van der Waals surface area (Å²) in [5.41, 5.74) is 1.26. The van der Waals surface area contributed by atoms with Crippen molar-refractivity contribution in [2.45, 2.75) is 12.7 Å². The lowest BCUT2D eigenvalue weighted by Crippen LogP contribution is -2.13. The average Bonchev–Trinajstić information content (AvgIpc) is 3.19. The van der Waals surface area contributed by atoms with Crippen LogP contribution in [0, 0.1) is 0 Å². The molecule has 4 aromatic rings. The predicted molar refractivity (Wildman–Crippen MR) is 114 cm³/mol. The Kier molecular flexibility index (Phi) is 6.07. The molecule has 1 heterocycles. The summed E-state index contributed by atoms with van der Waals surface area (Å²) in [7, 11) is 1.35. The summed E-state index contributed by atoms with van der Waals surface area (Å²) in [6.45, 7) is 0.403. The lowest BCUT2D eigenvalue weighted by atomic mass is 10.2. The van der Waals surface area contributed by atoms with Crippen LogP contribution in [0.1, 0.15) is 11.1 Å². The van der Waals surface area contributed by atoms with Crippen molar-refractivity contribution in [3.8, 4) is 23.3 Å². The van der Waals surface area contributed by atoms with Crippen LogP contribution < -0.4 is 20.5 Å². The van der Waals surface area contributed by atoms with Gasteiger partial charge in [0.2, 0.25) is 0 Å². The van der Waals surface area contributed by atoms with Crippen molar-refractivity contribution < 1.29 is 27.1 Å². The van der Waals surface area contributed by atoms with Crippen LogP contribution in [0.4, 0.5) is 18.9 Å². The lowest BCUT2D eigenvalue weighted by Gasteiger charge is -2.12. The average molecular weight is 457 g/mol. The third-order valence-corrected chi connectivity index (χ3v) is 4.59. The number of hydrogen-bond donors (Lipinski definition) is 1. The van der Waals surface area contributed by atoms with E-state index >= 15 is 0 Å². The number of anilines is 1. The van der Waals surface area contributed by atoms with E-state index in [0.717, 1.165) is 22.4 Å². The minimum atomic E-state index is -4.44. The van der Waals surface area contributed by atoms with E-state index in [1.807, 2.05) is 12.1 Å². The maximum absolute atomic E-state index is 12.9. The van der Waals surface area contributed by atoms with E-state index in [1.165, 1.54) is 19.2 Å². The molecular formula is C23H18F3N3O4. The molecule has 0 amide bonds. The topological polar surface area (TPSA) is 78.5 Å². The Morgan fingerprint density at radius 2 is 1.73 bits per heavy atom. The number of hydrogen-bond acceptors (Lipinski definition) is 6. The molecule has 0 aliphatic heterocycles. The fraction of sp³-hybridized carbons (Fsp3) is 0.130. The highest BCUT2D eigenvalue weighted by molar-refractivity contribution is 5.51. The Hall–Kier alpha value is -4.21. The first-order valence-electron chi connectivity index (χ1n) is 9.74. The van der Waals surface area contributed by atoms with E-state index in [2.05, 4.69) is 10.4 Å². The van der Waals surface area contributed by atoms with Gasteiger partial charge in [-0.05, 0) is 54.1 Å². The van der Waals surface area contributed by atoms with Crippen molar-refractivity contribution in [3.63, 3.8) is 0 Å². The molecule has 1 aromatic heterocycles. The summed E-state index contributed by atoms with van der Waals surface area (Å²) in [6.07, 6.45) is -4.59. The molecule has 0 saturated heterocycles. The molecule has 0 unspecified atom stereocenters. The Balaban J connectivity index is 1.45. The zero-order valence-corrected chi connectivity index (χ0v) is 17.3. The Morgan fingerprint density at radius 1 is 1.00 bits per heavy atom. The van der Waals surface area contributed by atoms with Crippen LogP contribution in [0.5, 0.6) is 17.6 Å². The van der Waals surface area contributed by atoms with Gasteiger partial charge in [0, 0.05) is 12.2 Å². The van der Waals surface area contributed by atoms with E-state index < -0.39 is 17.5 Å². The lowest BCUT2D eigenvalue weighted by molar-refractivity contribution is -0.137. The molecule has 33 heavy (non-hydrogen) atoms. The van der Waals surface area contributed by atoms with Crippen molar-refractivity contribution in [1.82, 2.24) is 9.78 Å². The summed E-state index contributed by atoms with van der Waals surface area (Å²) >= 11 is 0. The highest BCUT2D eigenvalue weighted by Gasteiger charge is 2.30. The molecule has 0 spiro atoms. The minimum absolute atomic E-state index is 0.0936. The summed E-state index contributed by atoms with van der Waals surface area (Å²) in [4.78, 5) is 11.9. The van der Waals surface area contributed by atoms with Crippen molar-refractivity contribution in [1.29, 1.82) is 0 Å². The third-order valence-electron chi connectivity index (χ3n) is 4.59. The third kappa shape index (κ3) is 5.35. The molecule has 0 atom stereocenters. The van der Waals surface area contributed by atoms with Gasteiger partial charge in [-0.3, -0.25) is 0 Å². The molecule has 0 aliphatic rings. The van der Waals surface area contributed by atoms with Crippen molar-refractivity contribution in [2.75, 3.05) is 12.4 Å². The van der Waals surface area contributed by atoms with Crippen molar-refractivity contribution in [2.24, 2.45) is 0 Å². The largest absolute Gasteiger partial charge is 0.457 e. The Bertz CT molecular complexity index is 1310. The number of aromatic nitrogens is 2. The van der Waals surface area contributed by atoms with Crippen LogP contribution in [0.2, 0.25) is 0 Å². The fourth-order valence-electron chi connectivity index (χ4n) is 3.05. The van der Waals surface area contributed by atoms with Gasteiger partial charge in [0.15, 0.2) is 0 Å². The van der Waals surface area contributed by atoms with E-state index in [9.17, 15) is 18.0 Å². The number of nitrogens with zero attached hydrogens (tertiary/aromatic N) is 2. The van der Waals surface area contributed by atoms with E-state index in [0.29, 0.717) is 23.7 Å². The van der Waals surface area contributed by atoms with Crippen molar-refractivity contribution >= 4 is 5.69 Å².